The molecule has 0 aliphatic carbocycles. The van der Waals surface area contributed by atoms with Gasteiger partial charge in [0.05, 0.1) is 37.8 Å². The lowest BCUT2D eigenvalue weighted by Crippen LogP contribution is -2.50. The third kappa shape index (κ3) is 2.34. The van der Waals surface area contributed by atoms with Gasteiger partial charge in [-0.25, -0.2) is 9.07 Å². The minimum Gasteiger partial charge on any atom is -0.496 e. The summed E-state index contributed by atoms with van der Waals surface area (Å²) in [5, 5.41) is 8.02. The number of carbonyl (C=O) groups is 1. The van der Waals surface area contributed by atoms with Gasteiger partial charge < -0.3 is 14.4 Å². The number of methoxy groups -OCH3 is 1. The Morgan fingerprint density at radius 2 is 2.33 bits per heavy atom. The number of nitrogens with zero attached hydrogens (tertiary/aromatic N) is 4. The van der Waals surface area contributed by atoms with E-state index in [9.17, 15) is 9.18 Å². The van der Waals surface area contributed by atoms with Gasteiger partial charge in [-0.2, -0.15) is 0 Å². The second kappa shape index (κ2) is 5.86. The molecule has 0 spiro atoms. The average Bonchev–Trinajstić information content (AvgIpc) is 3.09. The van der Waals surface area contributed by atoms with Crippen molar-refractivity contribution in [1.82, 2.24) is 19.9 Å². The van der Waals surface area contributed by atoms with E-state index in [1.54, 1.807) is 17.2 Å². The average molecular weight is 332 g/mol. The summed E-state index contributed by atoms with van der Waals surface area (Å²) >= 11 is 0. The molecular formula is C16H17FN4O3. The van der Waals surface area contributed by atoms with Gasteiger partial charge in [-0.15, -0.1) is 5.10 Å². The molecule has 1 amide bonds. The Labute approximate surface area is 138 Å². The molecule has 3 heterocycles. The highest BCUT2D eigenvalue weighted by Crippen LogP contribution is 2.32. The molecule has 0 unspecified atom stereocenters. The lowest BCUT2D eigenvalue weighted by molar-refractivity contribution is -0.0605. The fourth-order valence-electron chi connectivity index (χ4n) is 3.40. The van der Waals surface area contributed by atoms with Crippen LogP contribution in [-0.2, 0) is 11.3 Å². The van der Waals surface area contributed by atoms with E-state index < -0.39 is 5.82 Å². The van der Waals surface area contributed by atoms with Crippen LogP contribution >= 0.6 is 0 Å². The molecule has 0 saturated carbocycles. The van der Waals surface area contributed by atoms with Gasteiger partial charge in [0.1, 0.15) is 17.1 Å². The highest BCUT2D eigenvalue weighted by Gasteiger charge is 2.38. The van der Waals surface area contributed by atoms with E-state index in [1.165, 1.54) is 19.2 Å². The van der Waals surface area contributed by atoms with Crippen molar-refractivity contribution in [2.24, 2.45) is 0 Å². The molecule has 24 heavy (non-hydrogen) atoms. The van der Waals surface area contributed by atoms with Gasteiger partial charge in [-0.1, -0.05) is 11.3 Å². The fraction of sp³-hybridized carbons (Fsp3) is 0.438. The van der Waals surface area contributed by atoms with Gasteiger partial charge >= 0.3 is 0 Å². The summed E-state index contributed by atoms with van der Waals surface area (Å²) in [4.78, 5) is 14.5. The van der Waals surface area contributed by atoms with Crippen LogP contribution in [0, 0.1) is 5.82 Å². The van der Waals surface area contributed by atoms with Crippen molar-refractivity contribution in [2.75, 3.05) is 20.2 Å². The van der Waals surface area contributed by atoms with Gasteiger partial charge in [0.15, 0.2) is 0 Å². The highest BCUT2D eigenvalue weighted by atomic mass is 19.1. The van der Waals surface area contributed by atoms with Gasteiger partial charge in [-0.05, 0) is 18.6 Å². The molecule has 2 aromatic rings. The molecule has 1 aromatic carbocycles. The monoisotopic (exact) mass is 332 g/mol. The maximum absolute atomic E-state index is 14.2. The smallest absolute Gasteiger partial charge is 0.260 e. The first-order valence-electron chi connectivity index (χ1n) is 7.81. The second-order valence-corrected chi connectivity index (χ2v) is 5.94. The van der Waals surface area contributed by atoms with Crippen molar-refractivity contribution >= 4 is 5.91 Å². The Kier molecular flexibility index (Phi) is 3.68. The number of piperidine rings is 1. The molecule has 1 aromatic heterocycles. The number of fused-ring (bicyclic) bond motifs is 3. The van der Waals surface area contributed by atoms with E-state index in [1.807, 2.05) is 4.68 Å². The molecule has 2 aliphatic heterocycles. The topological polar surface area (TPSA) is 69.5 Å². The third-order valence-corrected chi connectivity index (χ3v) is 4.62. The Morgan fingerprint density at radius 1 is 1.46 bits per heavy atom. The Bertz CT molecular complexity index is 778. The Morgan fingerprint density at radius 3 is 3.17 bits per heavy atom. The number of ether oxygens (including phenoxy) is 2. The number of benzene rings is 1. The predicted octanol–water partition coefficient (Wildman–Crippen LogP) is 1.41. The number of halogens is 1. The van der Waals surface area contributed by atoms with Crippen LogP contribution in [0.1, 0.15) is 28.5 Å². The van der Waals surface area contributed by atoms with Crippen molar-refractivity contribution in [3.63, 3.8) is 0 Å². The van der Waals surface area contributed by atoms with Crippen LogP contribution < -0.4 is 4.74 Å². The van der Waals surface area contributed by atoms with E-state index in [0.717, 1.165) is 5.69 Å². The molecule has 7 nitrogen and oxygen atoms in total. The zero-order chi connectivity index (χ0) is 16.7. The van der Waals surface area contributed by atoms with Crippen molar-refractivity contribution in [3.05, 3.63) is 41.5 Å². The zero-order valence-corrected chi connectivity index (χ0v) is 13.2. The van der Waals surface area contributed by atoms with Crippen LogP contribution in [0.2, 0.25) is 0 Å². The number of rotatable bonds is 2. The number of carbonyl (C=O) groups excluding carboxylic acids is 1. The van der Waals surface area contributed by atoms with Crippen molar-refractivity contribution in [2.45, 2.75) is 25.2 Å². The largest absolute Gasteiger partial charge is 0.496 e. The fourth-order valence-corrected chi connectivity index (χ4v) is 3.40. The normalized spacial score (nSPS) is 22.7. The number of aromatic nitrogens is 3. The summed E-state index contributed by atoms with van der Waals surface area (Å²) in [6, 6.07) is 4.27. The predicted molar refractivity (Wildman–Crippen MR) is 81.1 cm³/mol. The number of hydrogen-bond acceptors (Lipinski definition) is 5. The van der Waals surface area contributed by atoms with Gasteiger partial charge in [0.2, 0.25) is 0 Å². The number of likely N-dealkylation sites (tertiary alicyclic amines) is 1. The molecule has 1 fully saturated rings. The maximum Gasteiger partial charge on any atom is 0.260 e. The summed E-state index contributed by atoms with van der Waals surface area (Å²) in [5.41, 5.74) is 0.850. The summed E-state index contributed by atoms with van der Waals surface area (Å²) in [6.07, 6.45) is 2.33. The minimum absolute atomic E-state index is 0.00855. The first-order valence-corrected chi connectivity index (χ1v) is 7.81. The molecule has 8 heteroatoms. The van der Waals surface area contributed by atoms with Gasteiger partial charge in [-0.3, -0.25) is 4.79 Å². The zero-order valence-electron chi connectivity index (χ0n) is 13.2. The third-order valence-electron chi connectivity index (χ3n) is 4.62. The molecule has 0 N–H and O–H groups in total. The first kappa shape index (κ1) is 15.1. The maximum atomic E-state index is 14.2. The standard InChI is InChI=1S/C16H17FN4O3/c1-23-14-4-2-3-11(17)15(14)16(22)20-6-5-13-12(8-20)21-10(9-24-13)7-18-19-21/h2-4,7,12-13H,5-6,8-9H2,1H3/t12-,13-/m1/s1. The van der Waals surface area contributed by atoms with Crippen molar-refractivity contribution < 1.29 is 18.7 Å². The number of hydrogen-bond donors (Lipinski definition) is 0. The molecule has 1 saturated heterocycles. The summed E-state index contributed by atoms with van der Waals surface area (Å²) in [5.74, 6) is -0.720. The van der Waals surface area contributed by atoms with Crippen LogP contribution in [0.3, 0.4) is 0 Å². The second-order valence-electron chi connectivity index (χ2n) is 5.94. The summed E-state index contributed by atoms with van der Waals surface area (Å²) in [7, 11) is 1.43. The van der Waals surface area contributed by atoms with E-state index in [4.69, 9.17) is 9.47 Å². The van der Waals surface area contributed by atoms with Crippen molar-refractivity contribution in [3.8, 4) is 5.75 Å². The Hall–Kier alpha value is -2.48. The van der Waals surface area contributed by atoms with E-state index >= 15 is 0 Å². The van der Waals surface area contributed by atoms with Crippen LogP contribution in [-0.4, -0.2) is 52.1 Å². The summed E-state index contributed by atoms with van der Waals surface area (Å²) < 4.78 is 27.0. The molecule has 2 atom stereocenters. The van der Waals surface area contributed by atoms with E-state index in [0.29, 0.717) is 26.1 Å². The van der Waals surface area contributed by atoms with Crippen molar-refractivity contribution in [1.29, 1.82) is 0 Å². The molecule has 4 rings (SSSR count). The van der Waals surface area contributed by atoms with Gasteiger partial charge in [0, 0.05) is 13.1 Å². The minimum atomic E-state index is -0.581. The highest BCUT2D eigenvalue weighted by molar-refractivity contribution is 5.97. The molecule has 0 radical (unpaired) electrons. The quantitative estimate of drug-likeness (QED) is 0.832. The Balaban J connectivity index is 1.62. The number of amides is 1. The lowest BCUT2D eigenvalue weighted by Gasteiger charge is -2.41. The van der Waals surface area contributed by atoms with Gasteiger partial charge in [0.25, 0.3) is 5.91 Å². The molecule has 2 aliphatic rings. The van der Waals surface area contributed by atoms with Crippen LogP contribution in [0.4, 0.5) is 4.39 Å². The SMILES string of the molecule is COc1cccc(F)c1C(=O)N1CC[C@H]2OCc3cnnn3[C@@H]2C1. The van der Waals surface area contributed by atoms with Crippen LogP contribution in [0.15, 0.2) is 24.4 Å². The first-order chi connectivity index (χ1) is 11.7. The van der Waals surface area contributed by atoms with Crippen LogP contribution in [0.25, 0.3) is 0 Å². The van der Waals surface area contributed by atoms with E-state index in [2.05, 4.69) is 10.3 Å². The lowest BCUT2D eigenvalue weighted by atomic mass is 9.99. The summed E-state index contributed by atoms with van der Waals surface area (Å²) in [6.45, 7) is 1.38. The van der Waals surface area contributed by atoms with E-state index in [-0.39, 0.29) is 29.4 Å². The van der Waals surface area contributed by atoms with Crippen LogP contribution in [0.5, 0.6) is 5.75 Å². The molecule has 126 valence electrons. The molecular weight excluding hydrogens is 315 g/mol. The molecule has 0 bridgehead atoms.